The maximum atomic E-state index is 12.0. The van der Waals surface area contributed by atoms with Gasteiger partial charge in [-0.05, 0) is 6.92 Å². The molecule has 1 saturated heterocycles. The van der Waals surface area contributed by atoms with Crippen LogP contribution in [0.3, 0.4) is 0 Å². The van der Waals surface area contributed by atoms with Crippen molar-refractivity contribution < 1.29 is 23.1 Å². The number of carboxylic acids is 1. The first kappa shape index (κ1) is 13.0. The fourth-order valence-electron chi connectivity index (χ4n) is 1.73. The first-order valence-electron chi connectivity index (χ1n) is 5.18. The highest BCUT2D eigenvalue weighted by atomic mass is 32.2. The molecule has 1 aliphatic rings. The lowest BCUT2D eigenvalue weighted by Gasteiger charge is -2.45. The molecule has 0 aromatic carbocycles. The molecule has 18 heavy (non-hydrogen) atoms. The van der Waals surface area contributed by atoms with Gasteiger partial charge in [0.25, 0.3) is 0 Å². The number of ether oxygens (including phenoxy) is 1. The Bertz CT molecular complexity index is 533. The van der Waals surface area contributed by atoms with E-state index >= 15 is 0 Å². The van der Waals surface area contributed by atoms with Gasteiger partial charge in [0.2, 0.25) is 10.0 Å². The third-order valence-electron chi connectivity index (χ3n) is 2.68. The number of nitrogens with zero attached hydrogens (tertiary/aromatic N) is 2. The molecule has 0 spiro atoms. The zero-order valence-electron chi connectivity index (χ0n) is 9.66. The van der Waals surface area contributed by atoms with Crippen molar-refractivity contribution >= 4 is 16.0 Å². The first-order valence-corrected chi connectivity index (χ1v) is 6.62. The van der Waals surface area contributed by atoms with Crippen LogP contribution in [0.4, 0.5) is 0 Å². The van der Waals surface area contributed by atoms with Gasteiger partial charge in [0.1, 0.15) is 11.5 Å². The lowest BCUT2D eigenvalue weighted by Crippen LogP contribution is -2.63. The van der Waals surface area contributed by atoms with E-state index < -0.39 is 28.2 Å². The van der Waals surface area contributed by atoms with Gasteiger partial charge in [0, 0.05) is 19.3 Å². The number of aromatic amines is 1. The van der Waals surface area contributed by atoms with E-state index in [0.717, 1.165) is 0 Å². The molecule has 0 aliphatic carbocycles. The number of hydrogen-bond acceptors (Lipinski definition) is 5. The Morgan fingerprint density at radius 1 is 1.67 bits per heavy atom. The number of aliphatic carboxylic acids is 1. The van der Waals surface area contributed by atoms with Gasteiger partial charge in [-0.1, -0.05) is 0 Å². The molecule has 2 heterocycles. The van der Waals surface area contributed by atoms with Crippen molar-refractivity contribution in [2.75, 3.05) is 19.7 Å². The summed E-state index contributed by atoms with van der Waals surface area (Å²) in [5.74, 6) is -1.08. The van der Waals surface area contributed by atoms with Crippen LogP contribution in [0.25, 0.3) is 0 Å². The number of aromatic nitrogens is 2. The lowest BCUT2D eigenvalue weighted by atomic mass is 10.0. The largest absolute Gasteiger partial charge is 0.480 e. The molecule has 0 amide bonds. The van der Waals surface area contributed by atoms with Crippen LogP contribution < -0.4 is 0 Å². The predicted molar refractivity (Wildman–Crippen MR) is 59.3 cm³/mol. The molecule has 1 aliphatic heterocycles. The minimum Gasteiger partial charge on any atom is -0.480 e. The zero-order chi connectivity index (χ0) is 13.4. The van der Waals surface area contributed by atoms with Crippen molar-refractivity contribution in [1.29, 1.82) is 0 Å². The molecule has 0 atom stereocenters. The Morgan fingerprint density at radius 3 is 2.83 bits per heavy atom. The van der Waals surface area contributed by atoms with Crippen molar-refractivity contribution in [2.24, 2.45) is 0 Å². The molecule has 2 N–H and O–H groups in total. The summed E-state index contributed by atoms with van der Waals surface area (Å²) in [6, 6.07) is 0. The van der Waals surface area contributed by atoms with Crippen molar-refractivity contribution in [3.8, 4) is 0 Å². The summed E-state index contributed by atoms with van der Waals surface area (Å²) >= 11 is 0. The Morgan fingerprint density at radius 2 is 2.33 bits per heavy atom. The van der Waals surface area contributed by atoms with Crippen LogP contribution in [0.1, 0.15) is 6.92 Å². The van der Waals surface area contributed by atoms with Gasteiger partial charge in [0.05, 0.1) is 11.8 Å². The Kier molecular flexibility index (Phi) is 3.13. The molecule has 2 rings (SSSR count). The number of sulfonamides is 1. The zero-order valence-corrected chi connectivity index (χ0v) is 10.5. The first-order chi connectivity index (χ1) is 8.33. The molecule has 100 valence electrons. The molecule has 8 nitrogen and oxygen atoms in total. The third kappa shape index (κ3) is 2.37. The third-order valence-corrected chi connectivity index (χ3v) is 4.43. The van der Waals surface area contributed by atoms with Crippen LogP contribution in [0.5, 0.6) is 0 Å². The Labute approximate surface area is 104 Å². The van der Waals surface area contributed by atoms with Crippen LogP contribution >= 0.6 is 0 Å². The number of nitrogens with one attached hydrogen (secondary N) is 1. The van der Waals surface area contributed by atoms with Gasteiger partial charge in [-0.2, -0.15) is 9.40 Å². The molecule has 0 radical (unpaired) electrons. The molecular formula is C9H13N3O5S. The van der Waals surface area contributed by atoms with E-state index in [1.54, 1.807) is 6.92 Å². The maximum Gasteiger partial charge on any atom is 0.329 e. The minimum atomic E-state index is -3.56. The minimum absolute atomic E-state index is 0.0859. The van der Waals surface area contributed by atoms with Crippen molar-refractivity contribution in [2.45, 2.75) is 17.4 Å². The van der Waals surface area contributed by atoms with Gasteiger partial charge in [-0.15, -0.1) is 0 Å². The van der Waals surface area contributed by atoms with Gasteiger partial charge in [0.15, 0.2) is 0 Å². The molecule has 0 saturated carbocycles. The average Bonchev–Trinajstić information content (AvgIpc) is 2.76. The number of rotatable bonds is 5. The number of hydrogen-bond donors (Lipinski definition) is 2. The second-order valence-electron chi connectivity index (χ2n) is 4.34. The van der Waals surface area contributed by atoms with Crippen LogP contribution in [0.2, 0.25) is 0 Å². The second kappa shape index (κ2) is 4.34. The SMILES string of the molecule is CC1(OCC(=O)O)CN(S(=O)(=O)c2cn[nH]c2)C1. The van der Waals surface area contributed by atoms with Crippen LogP contribution in [0.15, 0.2) is 17.3 Å². The smallest absolute Gasteiger partial charge is 0.329 e. The highest BCUT2D eigenvalue weighted by Crippen LogP contribution is 2.30. The van der Waals surface area contributed by atoms with E-state index in [2.05, 4.69) is 10.2 Å². The van der Waals surface area contributed by atoms with E-state index in [4.69, 9.17) is 9.84 Å². The van der Waals surface area contributed by atoms with Gasteiger partial charge >= 0.3 is 5.97 Å². The van der Waals surface area contributed by atoms with Crippen molar-refractivity contribution in [1.82, 2.24) is 14.5 Å². The fraction of sp³-hybridized carbons (Fsp3) is 0.556. The van der Waals surface area contributed by atoms with Gasteiger partial charge in [-0.25, -0.2) is 13.2 Å². The van der Waals surface area contributed by atoms with E-state index in [-0.39, 0.29) is 18.0 Å². The molecular weight excluding hydrogens is 262 g/mol. The summed E-state index contributed by atoms with van der Waals surface area (Å²) in [4.78, 5) is 10.5. The Balaban J connectivity index is 1.98. The highest BCUT2D eigenvalue weighted by molar-refractivity contribution is 7.89. The van der Waals surface area contributed by atoms with E-state index in [9.17, 15) is 13.2 Å². The van der Waals surface area contributed by atoms with E-state index in [1.807, 2.05) is 0 Å². The fourth-order valence-corrected chi connectivity index (χ4v) is 3.30. The Hall–Kier alpha value is -1.45. The van der Waals surface area contributed by atoms with E-state index in [0.29, 0.717) is 0 Å². The standard InChI is InChI=1S/C9H13N3O5S/c1-9(17-4-8(13)14)5-12(6-9)18(15,16)7-2-10-11-3-7/h2-3H,4-6H2,1H3,(H,10,11)(H,13,14). The molecule has 1 aromatic rings. The van der Waals surface area contributed by atoms with Crippen LogP contribution in [-0.2, 0) is 19.6 Å². The van der Waals surface area contributed by atoms with Crippen LogP contribution in [-0.4, -0.2) is 59.3 Å². The summed E-state index contributed by atoms with van der Waals surface area (Å²) in [6.45, 7) is 1.51. The second-order valence-corrected chi connectivity index (χ2v) is 6.28. The molecule has 9 heteroatoms. The molecule has 1 aromatic heterocycles. The molecule has 1 fully saturated rings. The predicted octanol–water partition coefficient (Wildman–Crippen LogP) is -0.726. The summed E-state index contributed by atoms with van der Waals surface area (Å²) in [5, 5.41) is 14.5. The van der Waals surface area contributed by atoms with E-state index in [1.165, 1.54) is 16.7 Å². The number of carboxylic acid groups (broad SMARTS) is 1. The maximum absolute atomic E-state index is 12.0. The summed E-state index contributed by atoms with van der Waals surface area (Å²) in [5.41, 5.74) is -0.741. The molecule has 0 bridgehead atoms. The number of H-pyrrole nitrogens is 1. The van der Waals surface area contributed by atoms with Crippen LogP contribution in [0, 0.1) is 0 Å². The van der Waals surface area contributed by atoms with Crippen molar-refractivity contribution in [3.63, 3.8) is 0 Å². The van der Waals surface area contributed by atoms with Crippen molar-refractivity contribution in [3.05, 3.63) is 12.4 Å². The topological polar surface area (TPSA) is 113 Å². The quantitative estimate of drug-likeness (QED) is 0.733. The summed E-state index contributed by atoms with van der Waals surface area (Å²) in [7, 11) is -3.56. The highest BCUT2D eigenvalue weighted by Gasteiger charge is 2.46. The summed E-state index contributed by atoms with van der Waals surface area (Å²) in [6.07, 6.45) is 2.52. The normalized spacial score (nSPS) is 19.4. The van der Waals surface area contributed by atoms with Gasteiger partial charge in [-0.3, -0.25) is 5.10 Å². The van der Waals surface area contributed by atoms with Gasteiger partial charge < -0.3 is 9.84 Å². The average molecular weight is 275 g/mol. The molecule has 0 unspecified atom stereocenters. The lowest BCUT2D eigenvalue weighted by molar-refractivity contribution is -0.157. The monoisotopic (exact) mass is 275 g/mol. The summed E-state index contributed by atoms with van der Waals surface area (Å²) < 4.78 is 30.4. The number of carbonyl (C=O) groups is 1.